The highest BCUT2D eigenvalue weighted by atomic mass is 16.3. The van der Waals surface area contributed by atoms with E-state index in [1.54, 1.807) is 0 Å². The minimum Gasteiger partial charge on any atom is -0.454 e. The van der Waals surface area contributed by atoms with Gasteiger partial charge in [0.1, 0.15) is 5.58 Å². The molecule has 2 heteroatoms. The van der Waals surface area contributed by atoms with Crippen LogP contribution < -0.4 is 4.90 Å². The summed E-state index contributed by atoms with van der Waals surface area (Å²) in [6.07, 6.45) is 0. The molecule has 8 aromatic rings. The third-order valence-corrected chi connectivity index (χ3v) is 8.07. The number of nitrogens with zero attached hydrogens (tertiary/aromatic N) is 1. The number of anilines is 3. The number of fused-ring (bicyclic) bond motifs is 4. The number of para-hydroxylation sites is 2. The summed E-state index contributed by atoms with van der Waals surface area (Å²) in [6, 6.07) is 57.9. The molecular formula is C40H27NO. The van der Waals surface area contributed by atoms with E-state index >= 15 is 0 Å². The Kier molecular flexibility index (Phi) is 5.82. The van der Waals surface area contributed by atoms with E-state index in [0.29, 0.717) is 0 Å². The van der Waals surface area contributed by atoms with Crippen molar-refractivity contribution in [1.29, 1.82) is 0 Å². The van der Waals surface area contributed by atoms with Gasteiger partial charge in [-0.05, 0) is 75.5 Å². The van der Waals surface area contributed by atoms with Crippen molar-refractivity contribution < 1.29 is 4.42 Å². The molecule has 198 valence electrons. The fraction of sp³-hybridized carbons (Fsp3) is 0. The quantitative estimate of drug-likeness (QED) is 0.217. The molecule has 0 saturated carbocycles. The molecule has 0 spiro atoms. The summed E-state index contributed by atoms with van der Waals surface area (Å²) in [6.45, 7) is 0. The lowest BCUT2D eigenvalue weighted by atomic mass is 10.0. The zero-order valence-electron chi connectivity index (χ0n) is 22.9. The maximum Gasteiger partial charge on any atom is 0.159 e. The first kappa shape index (κ1) is 24.2. The first-order valence-electron chi connectivity index (χ1n) is 14.3. The number of furan rings is 1. The molecular weight excluding hydrogens is 510 g/mol. The molecule has 0 aliphatic heterocycles. The summed E-state index contributed by atoms with van der Waals surface area (Å²) in [5, 5.41) is 4.74. The number of hydrogen-bond donors (Lipinski definition) is 0. The van der Waals surface area contributed by atoms with Gasteiger partial charge < -0.3 is 9.32 Å². The van der Waals surface area contributed by atoms with Crippen LogP contribution in [0.5, 0.6) is 0 Å². The second-order valence-electron chi connectivity index (χ2n) is 10.6. The van der Waals surface area contributed by atoms with Crippen LogP contribution in [0.3, 0.4) is 0 Å². The van der Waals surface area contributed by atoms with Crippen LogP contribution >= 0.6 is 0 Å². The molecule has 0 fully saturated rings. The highest BCUT2D eigenvalue weighted by molar-refractivity contribution is 6.10. The average Bonchev–Trinajstić information content (AvgIpc) is 3.45. The van der Waals surface area contributed by atoms with Crippen molar-refractivity contribution in [2.45, 2.75) is 0 Å². The largest absolute Gasteiger partial charge is 0.454 e. The van der Waals surface area contributed by atoms with Crippen molar-refractivity contribution in [3.05, 3.63) is 164 Å². The third kappa shape index (κ3) is 4.22. The van der Waals surface area contributed by atoms with E-state index in [2.05, 4.69) is 157 Å². The summed E-state index contributed by atoms with van der Waals surface area (Å²) in [5.41, 5.74) is 9.71. The van der Waals surface area contributed by atoms with Crippen molar-refractivity contribution in [1.82, 2.24) is 0 Å². The SMILES string of the molecule is c1ccc(-c2ccc(N(c3ccc(-c4ccc5ccccc5c4)cc3)c3cccc4c3oc3ccccc34)cc2)cc1. The molecule has 7 aromatic carbocycles. The molecule has 0 amide bonds. The van der Waals surface area contributed by atoms with E-state index in [-0.39, 0.29) is 0 Å². The molecule has 42 heavy (non-hydrogen) atoms. The molecule has 1 heterocycles. The Morgan fingerprint density at radius 1 is 0.381 bits per heavy atom. The van der Waals surface area contributed by atoms with Gasteiger partial charge in [0.15, 0.2) is 5.58 Å². The van der Waals surface area contributed by atoms with E-state index in [1.165, 1.54) is 33.0 Å². The Balaban J connectivity index is 1.26. The minimum atomic E-state index is 0.879. The van der Waals surface area contributed by atoms with Crippen LogP contribution in [0.1, 0.15) is 0 Å². The Hall–Kier alpha value is -5.60. The Morgan fingerprint density at radius 3 is 1.71 bits per heavy atom. The Labute approximate surface area is 244 Å². The van der Waals surface area contributed by atoms with Crippen LogP contribution in [-0.2, 0) is 0 Å². The van der Waals surface area contributed by atoms with Crippen molar-refractivity contribution in [2.75, 3.05) is 4.90 Å². The molecule has 0 unspecified atom stereocenters. The molecule has 0 aliphatic rings. The van der Waals surface area contributed by atoms with E-state index in [0.717, 1.165) is 39.0 Å². The zero-order chi connectivity index (χ0) is 27.9. The first-order valence-corrected chi connectivity index (χ1v) is 14.3. The second kappa shape index (κ2) is 10.1. The fourth-order valence-corrected chi connectivity index (χ4v) is 5.94. The zero-order valence-corrected chi connectivity index (χ0v) is 22.9. The topological polar surface area (TPSA) is 16.4 Å². The van der Waals surface area contributed by atoms with Gasteiger partial charge in [-0.1, -0.05) is 121 Å². The van der Waals surface area contributed by atoms with Gasteiger partial charge in [-0.15, -0.1) is 0 Å². The van der Waals surface area contributed by atoms with E-state index < -0.39 is 0 Å². The number of benzene rings is 7. The summed E-state index contributed by atoms with van der Waals surface area (Å²) in [7, 11) is 0. The fourth-order valence-electron chi connectivity index (χ4n) is 5.94. The van der Waals surface area contributed by atoms with Gasteiger partial charge in [0.05, 0.1) is 5.69 Å². The number of rotatable bonds is 5. The molecule has 0 atom stereocenters. The van der Waals surface area contributed by atoms with Crippen LogP contribution in [0.2, 0.25) is 0 Å². The Bertz CT molecular complexity index is 2180. The highest BCUT2D eigenvalue weighted by Crippen LogP contribution is 2.42. The first-order chi connectivity index (χ1) is 20.8. The monoisotopic (exact) mass is 537 g/mol. The van der Waals surface area contributed by atoms with E-state index in [1.807, 2.05) is 12.1 Å². The lowest BCUT2D eigenvalue weighted by molar-refractivity contribution is 0.669. The van der Waals surface area contributed by atoms with Gasteiger partial charge >= 0.3 is 0 Å². The van der Waals surface area contributed by atoms with Crippen molar-refractivity contribution in [3.63, 3.8) is 0 Å². The summed E-state index contributed by atoms with van der Waals surface area (Å²) in [4.78, 5) is 2.30. The van der Waals surface area contributed by atoms with Crippen LogP contribution in [-0.4, -0.2) is 0 Å². The van der Waals surface area contributed by atoms with Gasteiger partial charge in [0.2, 0.25) is 0 Å². The van der Waals surface area contributed by atoms with Gasteiger partial charge in [-0.3, -0.25) is 0 Å². The lowest BCUT2D eigenvalue weighted by Crippen LogP contribution is -2.10. The Morgan fingerprint density at radius 2 is 0.952 bits per heavy atom. The van der Waals surface area contributed by atoms with E-state index in [9.17, 15) is 0 Å². The van der Waals surface area contributed by atoms with E-state index in [4.69, 9.17) is 4.42 Å². The molecule has 0 saturated heterocycles. The summed E-state index contributed by atoms with van der Waals surface area (Å²) in [5.74, 6) is 0. The summed E-state index contributed by atoms with van der Waals surface area (Å²) < 4.78 is 6.49. The standard InChI is InChI=1S/C40H27NO/c1-2-9-28(10-3-1)30-19-23-34(24-20-30)41(38-15-8-14-37-36-13-6-7-16-39(36)42-40(37)38)35-25-21-31(22-26-35)33-18-17-29-11-4-5-12-32(29)27-33/h1-27H. The van der Waals surface area contributed by atoms with Crippen LogP contribution in [0.4, 0.5) is 17.1 Å². The second-order valence-corrected chi connectivity index (χ2v) is 10.6. The minimum absolute atomic E-state index is 0.879. The molecule has 0 N–H and O–H groups in total. The molecule has 0 aliphatic carbocycles. The summed E-state index contributed by atoms with van der Waals surface area (Å²) >= 11 is 0. The van der Waals surface area contributed by atoms with Crippen LogP contribution in [0.25, 0.3) is 55.0 Å². The number of hydrogen-bond acceptors (Lipinski definition) is 2. The maximum absolute atomic E-state index is 6.49. The van der Waals surface area contributed by atoms with Crippen LogP contribution in [0, 0.1) is 0 Å². The predicted molar refractivity (Wildman–Crippen MR) is 177 cm³/mol. The molecule has 8 rings (SSSR count). The molecule has 0 radical (unpaired) electrons. The van der Waals surface area contributed by atoms with Crippen molar-refractivity contribution >= 4 is 49.8 Å². The maximum atomic E-state index is 6.49. The van der Waals surface area contributed by atoms with Crippen molar-refractivity contribution in [3.8, 4) is 22.3 Å². The lowest BCUT2D eigenvalue weighted by Gasteiger charge is -2.26. The molecule has 2 nitrogen and oxygen atoms in total. The van der Waals surface area contributed by atoms with Gasteiger partial charge in [0, 0.05) is 22.1 Å². The van der Waals surface area contributed by atoms with Gasteiger partial charge in [0.25, 0.3) is 0 Å². The third-order valence-electron chi connectivity index (χ3n) is 8.07. The normalized spacial score (nSPS) is 11.3. The predicted octanol–water partition coefficient (Wildman–Crippen LogP) is 11.5. The smallest absolute Gasteiger partial charge is 0.159 e. The van der Waals surface area contributed by atoms with Crippen LogP contribution in [0.15, 0.2) is 168 Å². The van der Waals surface area contributed by atoms with Gasteiger partial charge in [-0.2, -0.15) is 0 Å². The van der Waals surface area contributed by atoms with Gasteiger partial charge in [-0.25, -0.2) is 0 Å². The van der Waals surface area contributed by atoms with Crippen molar-refractivity contribution in [2.24, 2.45) is 0 Å². The average molecular weight is 538 g/mol. The molecule has 0 bridgehead atoms. The molecule has 1 aromatic heterocycles. The highest BCUT2D eigenvalue weighted by Gasteiger charge is 2.19.